The first-order valence-electron chi connectivity index (χ1n) is 4.95. The molecule has 0 bridgehead atoms. The standard InChI is InChI=1S/C10H20BrNO/c1-8(2)6-4-5-7-12-10(13)9(3)11/h8-9H,4-7H2,1-3H3,(H,12,13). The second-order valence-corrected chi connectivity index (χ2v) is 5.17. The van der Waals surface area contributed by atoms with Crippen LogP contribution in [0.3, 0.4) is 0 Å². The van der Waals surface area contributed by atoms with Gasteiger partial charge in [0, 0.05) is 6.54 Å². The molecule has 1 unspecified atom stereocenters. The minimum absolute atomic E-state index is 0.0717. The third-order valence-corrected chi connectivity index (χ3v) is 2.28. The fourth-order valence-corrected chi connectivity index (χ4v) is 1.19. The third kappa shape index (κ3) is 8.28. The van der Waals surface area contributed by atoms with Crippen LogP contribution in [-0.4, -0.2) is 17.3 Å². The monoisotopic (exact) mass is 249 g/mol. The zero-order valence-electron chi connectivity index (χ0n) is 8.77. The maximum atomic E-state index is 11.1. The van der Waals surface area contributed by atoms with E-state index < -0.39 is 0 Å². The Kier molecular flexibility index (Phi) is 7.33. The maximum Gasteiger partial charge on any atom is 0.233 e. The molecule has 2 nitrogen and oxygen atoms in total. The lowest BCUT2D eigenvalue weighted by Gasteiger charge is -2.07. The highest BCUT2D eigenvalue weighted by atomic mass is 79.9. The lowest BCUT2D eigenvalue weighted by molar-refractivity contribution is -0.120. The molecule has 0 aliphatic carbocycles. The van der Waals surface area contributed by atoms with Crippen molar-refractivity contribution in [2.45, 2.75) is 44.9 Å². The van der Waals surface area contributed by atoms with Crippen molar-refractivity contribution in [3.8, 4) is 0 Å². The number of amides is 1. The Hall–Kier alpha value is -0.0500. The molecule has 0 saturated heterocycles. The Labute approximate surface area is 89.6 Å². The topological polar surface area (TPSA) is 29.1 Å². The molecule has 13 heavy (non-hydrogen) atoms. The number of halogens is 1. The Morgan fingerprint density at radius 1 is 1.31 bits per heavy atom. The Balaban J connectivity index is 3.21. The summed E-state index contributed by atoms with van der Waals surface area (Å²) >= 11 is 3.22. The van der Waals surface area contributed by atoms with Gasteiger partial charge in [-0.25, -0.2) is 0 Å². The second kappa shape index (κ2) is 7.36. The smallest absolute Gasteiger partial charge is 0.233 e. The highest BCUT2D eigenvalue weighted by molar-refractivity contribution is 9.10. The zero-order valence-corrected chi connectivity index (χ0v) is 10.4. The molecular weight excluding hydrogens is 230 g/mol. The molecular formula is C10H20BrNO. The molecule has 0 aliphatic heterocycles. The zero-order chi connectivity index (χ0) is 10.3. The molecule has 3 heteroatoms. The minimum atomic E-state index is -0.0717. The van der Waals surface area contributed by atoms with Crippen LogP contribution >= 0.6 is 15.9 Å². The SMILES string of the molecule is CC(C)CCCCNC(=O)C(C)Br. The van der Waals surface area contributed by atoms with E-state index in [-0.39, 0.29) is 10.7 Å². The lowest BCUT2D eigenvalue weighted by Crippen LogP contribution is -2.30. The van der Waals surface area contributed by atoms with Crippen molar-refractivity contribution >= 4 is 21.8 Å². The number of alkyl halides is 1. The molecule has 0 aliphatic rings. The quantitative estimate of drug-likeness (QED) is 0.570. The summed E-state index contributed by atoms with van der Waals surface area (Å²) in [5.41, 5.74) is 0. The molecule has 0 aromatic carbocycles. The predicted octanol–water partition coefficient (Wildman–Crippen LogP) is 2.71. The Morgan fingerprint density at radius 3 is 2.38 bits per heavy atom. The fourth-order valence-electron chi connectivity index (χ4n) is 1.03. The minimum Gasteiger partial charge on any atom is -0.355 e. The highest BCUT2D eigenvalue weighted by Crippen LogP contribution is 2.05. The van der Waals surface area contributed by atoms with Crippen LogP contribution in [0.1, 0.15) is 40.0 Å². The van der Waals surface area contributed by atoms with Crippen LogP contribution in [0.2, 0.25) is 0 Å². The highest BCUT2D eigenvalue weighted by Gasteiger charge is 2.06. The fraction of sp³-hybridized carbons (Fsp3) is 0.900. The Morgan fingerprint density at radius 2 is 1.92 bits per heavy atom. The number of unbranched alkanes of at least 4 members (excludes halogenated alkanes) is 1. The van der Waals surface area contributed by atoms with Crippen molar-refractivity contribution in [2.75, 3.05) is 6.54 Å². The summed E-state index contributed by atoms with van der Waals surface area (Å²) in [6.45, 7) is 7.09. The average molecular weight is 250 g/mol. The van der Waals surface area contributed by atoms with E-state index in [1.165, 1.54) is 12.8 Å². The lowest BCUT2D eigenvalue weighted by atomic mass is 10.1. The number of carbonyl (C=O) groups excluding carboxylic acids is 1. The summed E-state index contributed by atoms with van der Waals surface area (Å²) in [7, 11) is 0. The van der Waals surface area contributed by atoms with E-state index in [9.17, 15) is 4.79 Å². The van der Waals surface area contributed by atoms with Gasteiger partial charge in [0.15, 0.2) is 0 Å². The van der Waals surface area contributed by atoms with Crippen LogP contribution in [0.5, 0.6) is 0 Å². The molecule has 1 atom stereocenters. The van der Waals surface area contributed by atoms with Gasteiger partial charge in [-0.2, -0.15) is 0 Å². The maximum absolute atomic E-state index is 11.1. The summed E-state index contributed by atoms with van der Waals surface area (Å²) in [5, 5.41) is 2.87. The number of carbonyl (C=O) groups is 1. The van der Waals surface area contributed by atoms with Crippen LogP contribution in [0.25, 0.3) is 0 Å². The van der Waals surface area contributed by atoms with Gasteiger partial charge < -0.3 is 5.32 Å². The van der Waals surface area contributed by atoms with E-state index in [4.69, 9.17) is 0 Å². The molecule has 1 amide bonds. The van der Waals surface area contributed by atoms with E-state index in [0.717, 1.165) is 18.9 Å². The van der Waals surface area contributed by atoms with Gasteiger partial charge in [-0.15, -0.1) is 0 Å². The normalized spacial score (nSPS) is 13.0. The molecule has 0 aromatic heterocycles. The second-order valence-electron chi connectivity index (χ2n) is 3.80. The summed E-state index contributed by atoms with van der Waals surface area (Å²) in [6.07, 6.45) is 3.54. The van der Waals surface area contributed by atoms with Crippen LogP contribution in [0, 0.1) is 5.92 Å². The van der Waals surface area contributed by atoms with Crippen molar-refractivity contribution in [2.24, 2.45) is 5.92 Å². The molecule has 0 aromatic rings. The van der Waals surface area contributed by atoms with Crippen molar-refractivity contribution in [1.82, 2.24) is 5.32 Å². The molecule has 0 saturated carbocycles. The number of hydrogen-bond donors (Lipinski definition) is 1. The van der Waals surface area contributed by atoms with Gasteiger partial charge in [-0.05, 0) is 19.3 Å². The first kappa shape index (κ1) is 12.9. The van der Waals surface area contributed by atoms with Gasteiger partial charge in [0.05, 0.1) is 4.83 Å². The van der Waals surface area contributed by atoms with Crippen molar-refractivity contribution in [1.29, 1.82) is 0 Å². The summed E-state index contributed by atoms with van der Waals surface area (Å²) in [5.74, 6) is 0.857. The molecule has 1 N–H and O–H groups in total. The number of hydrogen-bond acceptors (Lipinski definition) is 1. The van der Waals surface area contributed by atoms with Gasteiger partial charge in [-0.1, -0.05) is 42.6 Å². The van der Waals surface area contributed by atoms with E-state index in [1.54, 1.807) is 0 Å². The molecule has 0 rings (SSSR count). The van der Waals surface area contributed by atoms with Crippen molar-refractivity contribution in [3.63, 3.8) is 0 Å². The predicted molar refractivity (Wildman–Crippen MR) is 60.1 cm³/mol. The Bertz CT molecular complexity index is 146. The number of nitrogens with one attached hydrogen (secondary N) is 1. The molecule has 0 heterocycles. The third-order valence-electron chi connectivity index (χ3n) is 1.87. The van der Waals surface area contributed by atoms with E-state index >= 15 is 0 Å². The van der Waals surface area contributed by atoms with Crippen LogP contribution < -0.4 is 5.32 Å². The van der Waals surface area contributed by atoms with Crippen molar-refractivity contribution in [3.05, 3.63) is 0 Å². The molecule has 0 spiro atoms. The van der Waals surface area contributed by atoms with Crippen molar-refractivity contribution < 1.29 is 4.79 Å². The van der Waals surface area contributed by atoms with E-state index in [2.05, 4.69) is 35.1 Å². The van der Waals surface area contributed by atoms with Gasteiger partial charge in [0.25, 0.3) is 0 Å². The average Bonchev–Trinajstić information content (AvgIpc) is 2.02. The first-order valence-corrected chi connectivity index (χ1v) is 5.87. The van der Waals surface area contributed by atoms with Gasteiger partial charge >= 0.3 is 0 Å². The number of rotatable bonds is 6. The molecule has 0 radical (unpaired) electrons. The summed E-state index contributed by atoms with van der Waals surface area (Å²) < 4.78 is 0. The van der Waals surface area contributed by atoms with Crippen LogP contribution in [0.15, 0.2) is 0 Å². The van der Waals surface area contributed by atoms with Gasteiger partial charge in [0.2, 0.25) is 5.91 Å². The van der Waals surface area contributed by atoms with Gasteiger partial charge in [0.1, 0.15) is 0 Å². The summed E-state index contributed by atoms with van der Waals surface area (Å²) in [4.78, 5) is 11.0. The summed E-state index contributed by atoms with van der Waals surface area (Å²) in [6, 6.07) is 0. The van der Waals surface area contributed by atoms with E-state index in [1.807, 2.05) is 6.92 Å². The molecule has 78 valence electrons. The first-order chi connectivity index (χ1) is 6.04. The largest absolute Gasteiger partial charge is 0.355 e. The van der Waals surface area contributed by atoms with E-state index in [0.29, 0.717) is 0 Å². The molecule has 0 fully saturated rings. The van der Waals surface area contributed by atoms with Crippen LogP contribution in [-0.2, 0) is 4.79 Å². The van der Waals surface area contributed by atoms with Crippen LogP contribution in [0.4, 0.5) is 0 Å². The van der Waals surface area contributed by atoms with Gasteiger partial charge in [-0.3, -0.25) is 4.79 Å².